The van der Waals surface area contributed by atoms with Crippen molar-refractivity contribution in [2.75, 3.05) is 26.5 Å². The van der Waals surface area contributed by atoms with E-state index in [2.05, 4.69) is 10.3 Å². The number of nitrogens with zero attached hydrogens (tertiary/aromatic N) is 3. The van der Waals surface area contributed by atoms with E-state index in [1.807, 2.05) is 43.3 Å². The average Bonchev–Trinajstić information content (AvgIpc) is 2.59. The number of hydrogen-bond acceptors (Lipinski definition) is 3. The second-order valence-corrected chi connectivity index (χ2v) is 6.58. The molecule has 0 saturated heterocycles. The lowest BCUT2D eigenvalue weighted by atomic mass is 10.1. The van der Waals surface area contributed by atoms with Crippen molar-refractivity contribution in [2.24, 2.45) is 0 Å². The molecule has 0 fully saturated rings. The van der Waals surface area contributed by atoms with Crippen molar-refractivity contribution < 1.29 is 9.59 Å². The predicted octanol–water partition coefficient (Wildman–Crippen LogP) is 3.07. The molecule has 1 aromatic carbocycles. The van der Waals surface area contributed by atoms with Crippen molar-refractivity contribution in [1.82, 2.24) is 14.8 Å². The summed E-state index contributed by atoms with van der Waals surface area (Å²) in [6, 6.07) is 11.3. The van der Waals surface area contributed by atoms with Crippen molar-refractivity contribution in [3.63, 3.8) is 0 Å². The minimum Gasteiger partial charge on any atom is -0.349 e. The fourth-order valence-electron chi connectivity index (χ4n) is 2.55. The van der Waals surface area contributed by atoms with Gasteiger partial charge in [-0.3, -0.25) is 9.78 Å². The number of rotatable bonds is 6. The second-order valence-electron chi connectivity index (χ2n) is 6.58. The Morgan fingerprint density at radius 3 is 2.54 bits per heavy atom. The summed E-state index contributed by atoms with van der Waals surface area (Å²) >= 11 is 0. The first kappa shape index (κ1) is 19.4. The topological polar surface area (TPSA) is 65.5 Å². The van der Waals surface area contributed by atoms with Crippen LogP contribution in [0.25, 0.3) is 0 Å². The molecule has 1 N–H and O–H groups in total. The van der Waals surface area contributed by atoms with Gasteiger partial charge in [0.05, 0.1) is 0 Å². The van der Waals surface area contributed by atoms with Crippen LogP contribution in [0.15, 0.2) is 42.6 Å². The van der Waals surface area contributed by atoms with E-state index in [9.17, 15) is 9.59 Å². The Kier molecular flexibility index (Phi) is 6.72. The van der Waals surface area contributed by atoms with Crippen molar-refractivity contribution >= 4 is 17.6 Å². The van der Waals surface area contributed by atoms with E-state index in [1.165, 1.54) is 0 Å². The Hall–Kier alpha value is -2.89. The van der Waals surface area contributed by atoms with Gasteiger partial charge in [0.1, 0.15) is 0 Å². The summed E-state index contributed by atoms with van der Waals surface area (Å²) in [6.45, 7) is 2.43. The molecule has 0 atom stereocenters. The highest BCUT2D eigenvalue weighted by atomic mass is 16.2. The smallest absolute Gasteiger partial charge is 0.321 e. The SMILES string of the molecule is Cc1cc(CN(C)C(=O)Nc2cccc(CCC(=O)N(C)C)c2)ccn1. The Morgan fingerprint density at radius 2 is 1.85 bits per heavy atom. The van der Waals surface area contributed by atoms with Crippen LogP contribution in [0.2, 0.25) is 0 Å². The van der Waals surface area contributed by atoms with Gasteiger partial charge in [-0.1, -0.05) is 12.1 Å². The van der Waals surface area contributed by atoms with E-state index in [-0.39, 0.29) is 11.9 Å². The molecule has 0 aliphatic heterocycles. The molecule has 26 heavy (non-hydrogen) atoms. The maximum absolute atomic E-state index is 12.4. The molecular formula is C20H26N4O2. The molecule has 0 aliphatic rings. The summed E-state index contributed by atoms with van der Waals surface area (Å²) < 4.78 is 0. The lowest BCUT2D eigenvalue weighted by Gasteiger charge is -2.18. The largest absolute Gasteiger partial charge is 0.349 e. The quantitative estimate of drug-likeness (QED) is 0.867. The van der Waals surface area contributed by atoms with E-state index < -0.39 is 0 Å². The van der Waals surface area contributed by atoms with Crippen LogP contribution in [-0.4, -0.2) is 47.9 Å². The van der Waals surface area contributed by atoms with Crippen molar-refractivity contribution in [1.29, 1.82) is 0 Å². The number of aryl methyl sites for hydroxylation is 2. The Balaban J connectivity index is 1.93. The van der Waals surface area contributed by atoms with Gasteiger partial charge in [-0.2, -0.15) is 0 Å². The summed E-state index contributed by atoms with van der Waals surface area (Å²) in [7, 11) is 5.25. The van der Waals surface area contributed by atoms with Gasteiger partial charge in [0.2, 0.25) is 5.91 Å². The summed E-state index contributed by atoms with van der Waals surface area (Å²) in [5.41, 5.74) is 3.70. The molecule has 6 nitrogen and oxygen atoms in total. The molecule has 1 heterocycles. The lowest BCUT2D eigenvalue weighted by Crippen LogP contribution is -2.30. The van der Waals surface area contributed by atoms with E-state index in [0.29, 0.717) is 19.4 Å². The van der Waals surface area contributed by atoms with Gasteiger partial charge in [0, 0.05) is 51.7 Å². The Labute approximate surface area is 154 Å². The number of carbonyl (C=O) groups is 2. The third-order valence-electron chi connectivity index (χ3n) is 4.03. The predicted molar refractivity (Wildman–Crippen MR) is 103 cm³/mol. The Morgan fingerprint density at radius 1 is 1.08 bits per heavy atom. The molecule has 2 aromatic rings. The number of pyridine rings is 1. The highest BCUT2D eigenvalue weighted by molar-refractivity contribution is 5.89. The molecule has 138 valence electrons. The van der Waals surface area contributed by atoms with Crippen LogP contribution >= 0.6 is 0 Å². The van der Waals surface area contributed by atoms with E-state index in [0.717, 1.165) is 22.5 Å². The van der Waals surface area contributed by atoms with Crippen LogP contribution < -0.4 is 5.32 Å². The third-order valence-corrected chi connectivity index (χ3v) is 4.03. The van der Waals surface area contributed by atoms with Gasteiger partial charge in [-0.15, -0.1) is 0 Å². The number of amides is 3. The van der Waals surface area contributed by atoms with E-state index in [4.69, 9.17) is 0 Å². The number of nitrogens with one attached hydrogen (secondary N) is 1. The van der Waals surface area contributed by atoms with Crippen LogP contribution in [-0.2, 0) is 17.8 Å². The molecule has 1 aromatic heterocycles. The molecule has 0 unspecified atom stereocenters. The normalized spacial score (nSPS) is 10.3. The standard InChI is InChI=1S/C20H26N4O2/c1-15-12-17(10-11-21-15)14-24(4)20(26)22-18-7-5-6-16(13-18)8-9-19(25)23(2)3/h5-7,10-13H,8-9,14H2,1-4H3,(H,22,26). The summed E-state index contributed by atoms with van der Waals surface area (Å²) in [6.07, 6.45) is 2.84. The van der Waals surface area contributed by atoms with Crippen molar-refractivity contribution in [2.45, 2.75) is 26.3 Å². The van der Waals surface area contributed by atoms with Crippen LogP contribution in [0.3, 0.4) is 0 Å². The van der Waals surface area contributed by atoms with Crippen LogP contribution in [0.5, 0.6) is 0 Å². The minimum absolute atomic E-state index is 0.0896. The monoisotopic (exact) mass is 354 g/mol. The molecule has 2 rings (SSSR count). The number of aromatic nitrogens is 1. The van der Waals surface area contributed by atoms with Gasteiger partial charge in [0.25, 0.3) is 0 Å². The zero-order chi connectivity index (χ0) is 19.1. The molecule has 0 aliphatic carbocycles. The van der Waals surface area contributed by atoms with Crippen molar-refractivity contribution in [3.05, 3.63) is 59.4 Å². The van der Waals surface area contributed by atoms with E-state index >= 15 is 0 Å². The first-order valence-corrected chi connectivity index (χ1v) is 8.58. The summed E-state index contributed by atoms with van der Waals surface area (Å²) in [5.74, 6) is 0.0896. The zero-order valence-corrected chi connectivity index (χ0v) is 15.8. The van der Waals surface area contributed by atoms with E-state index in [1.54, 1.807) is 37.1 Å². The molecule has 0 radical (unpaired) electrons. The first-order chi connectivity index (χ1) is 12.3. The van der Waals surface area contributed by atoms with Crippen LogP contribution in [0.4, 0.5) is 10.5 Å². The molecule has 0 spiro atoms. The van der Waals surface area contributed by atoms with Crippen LogP contribution in [0.1, 0.15) is 23.2 Å². The molecule has 3 amide bonds. The molecule has 0 saturated carbocycles. The number of benzene rings is 1. The molecular weight excluding hydrogens is 328 g/mol. The summed E-state index contributed by atoms with van der Waals surface area (Å²) in [5, 5.41) is 2.90. The maximum atomic E-state index is 12.4. The minimum atomic E-state index is -0.180. The highest BCUT2D eigenvalue weighted by Gasteiger charge is 2.10. The number of hydrogen-bond donors (Lipinski definition) is 1. The van der Waals surface area contributed by atoms with Gasteiger partial charge >= 0.3 is 6.03 Å². The third kappa shape index (κ3) is 5.88. The summed E-state index contributed by atoms with van der Waals surface area (Å²) in [4.78, 5) is 31.5. The second kappa shape index (κ2) is 8.99. The van der Waals surface area contributed by atoms with Gasteiger partial charge < -0.3 is 15.1 Å². The fraction of sp³-hybridized carbons (Fsp3) is 0.350. The Bertz CT molecular complexity index is 774. The zero-order valence-electron chi connectivity index (χ0n) is 15.8. The number of urea groups is 1. The van der Waals surface area contributed by atoms with Crippen molar-refractivity contribution in [3.8, 4) is 0 Å². The van der Waals surface area contributed by atoms with Crippen LogP contribution in [0, 0.1) is 6.92 Å². The lowest BCUT2D eigenvalue weighted by molar-refractivity contribution is -0.128. The highest BCUT2D eigenvalue weighted by Crippen LogP contribution is 2.14. The number of anilines is 1. The van der Waals surface area contributed by atoms with Gasteiger partial charge in [0.15, 0.2) is 0 Å². The first-order valence-electron chi connectivity index (χ1n) is 8.58. The number of carbonyl (C=O) groups excluding carboxylic acids is 2. The van der Waals surface area contributed by atoms with Gasteiger partial charge in [-0.05, 0) is 48.7 Å². The maximum Gasteiger partial charge on any atom is 0.321 e. The molecule has 6 heteroatoms. The molecule has 0 bridgehead atoms. The van der Waals surface area contributed by atoms with Gasteiger partial charge in [-0.25, -0.2) is 4.79 Å². The fourth-order valence-corrected chi connectivity index (χ4v) is 2.55. The average molecular weight is 354 g/mol.